The lowest BCUT2D eigenvalue weighted by atomic mass is 10.1. The van der Waals surface area contributed by atoms with Crippen LogP contribution >= 0.6 is 0 Å². The molecule has 1 rings (SSSR count). The number of benzene rings is 1. The SMILES string of the molecule is CCCCCOc1cc(C)ccc1C(=O)O. The van der Waals surface area contributed by atoms with Crippen LogP contribution < -0.4 is 4.74 Å². The number of ether oxygens (including phenoxy) is 1. The maximum atomic E-state index is 10.9. The zero-order valence-corrected chi connectivity index (χ0v) is 9.82. The number of unbranched alkanes of at least 4 members (excludes halogenated alkanes) is 2. The molecule has 0 aromatic heterocycles. The molecule has 0 spiro atoms. The molecule has 0 radical (unpaired) electrons. The number of carboxylic acid groups (broad SMARTS) is 1. The summed E-state index contributed by atoms with van der Waals surface area (Å²) in [5.41, 5.74) is 1.25. The summed E-state index contributed by atoms with van der Waals surface area (Å²) in [6.45, 7) is 4.62. The molecule has 88 valence electrons. The molecule has 1 N–H and O–H groups in total. The second-order valence-corrected chi connectivity index (χ2v) is 3.86. The summed E-state index contributed by atoms with van der Waals surface area (Å²) in [4.78, 5) is 10.9. The first-order valence-corrected chi connectivity index (χ1v) is 5.62. The molecule has 0 atom stereocenters. The Kier molecular flexibility index (Phi) is 4.83. The molecule has 0 aliphatic heterocycles. The van der Waals surface area contributed by atoms with Gasteiger partial charge in [0.1, 0.15) is 11.3 Å². The molecule has 1 aromatic carbocycles. The Hall–Kier alpha value is -1.51. The van der Waals surface area contributed by atoms with Crippen molar-refractivity contribution in [1.82, 2.24) is 0 Å². The maximum absolute atomic E-state index is 10.9. The molecule has 16 heavy (non-hydrogen) atoms. The molecule has 3 nitrogen and oxygen atoms in total. The van der Waals surface area contributed by atoms with Gasteiger partial charge in [-0.05, 0) is 31.0 Å². The lowest BCUT2D eigenvalue weighted by molar-refractivity contribution is 0.0692. The number of aromatic carboxylic acids is 1. The largest absolute Gasteiger partial charge is 0.493 e. The van der Waals surface area contributed by atoms with Gasteiger partial charge in [0.05, 0.1) is 6.61 Å². The molecule has 0 aliphatic carbocycles. The fourth-order valence-electron chi connectivity index (χ4n) is 1.46. The molecule has 3 heteroatoms. The topological polar surface area (TPSA) is 46.5 Å². The van der Waals surface area contributed by atoms with Gasteiger partial charge in [0.15, 0.2) is 0 Å². The van der Waals surface area contributed by atoms with Crippen LogP contribution in [0.15, 0.2) is 18.2 Å². The van der Waals surface area contributed by atoms with E-state index in [2.05, 4.69) is 6.92 Å². The minimum atomic E-state index is -0.939. The van der Waals surface area contributed by atoms with Crippen molar-refractivity contribution in [2.75, 3.05) is 6.61 Å². The van der Waals surface area contributed by atoms with Crippen molar-refractivity contribution in [3.63, 3.8) is 0 Å². The number of hydrogen-bond donors (Lipinski definition) is 1. The van der Waals surface area contributed by atoms with Crippen LogP contribution in [0.25, 0.3) is 0 Å². The zero-order valence-electron chi connectivity index (χ0n) is 9.82. The van der Waals surface area contributed by atoms with E-state index in [-0.39, 0.29) is 5.56 Å². The van der Waals surface area contributed by atoms with Gasteiger partial charge in [0.25, 0.3) is 0 Å². The first kappa shape index (κ1) is 12.6. The molecule has 0 bridgehead atoms. The van der Waals surface area contributed by atoms with Crippen molar-refractivity contribution < 1.29 is 14.6 Å². The van der Waals surface area contributed by atoms with E-state index in [0.29, 0.717) is 12.4 Å². The molecular formula is C13H18O3. The molecule has 0 aliphatic rings. The summed E-state index contributed by atoms with van der Waals surface area (Å²) in [6.07, 6.45) is 3.20. The van der Waals surface area contributed by atoms with Crippen molar-refractivity contribution in [3.8, 4) is 5.75 Å². The zero-order chi connectivity index (χ0) is 12.0. The van der Waals surface area contributed by atoms with Crippen LogP contribution in [0.3, 0.4) is 0 Å². The van der Waals surface area contributed by atoms with Crippen LogP contribution in [-0.2, 0) is 0 Å². The van der Waals surface area contributed by atoms with E-state index < -0.39 is 5.97 Å². The molecular weight excluding hydrogens is 204 g/mol. The maximum Gasteiger partial charge on any atom is 0.339 e. The standard InChI is InChI=1S/C13H18O3/c1-3-4-5-8-16-12-9-10(2)6-7-11(12)13(14)15/h6-7,9H,3-5,8H2,1-2H3,(H,14,15). The molecule has 0 fully saturated rings. The summed E-state index contributed by atoms with van der Waals surface area (Å²) in [5.74, 6) is -0.464. The number of carboxylic acids is 1. The first-order valence-electron chi connectivity index (χ1n) is 5.62. The monoisotopic (exact) mass is 222 g/mol. The summed E-state index contributed by atoms with van der Waals surface area (Å²) < 4.78 is 5.50. The number of aryl methyl sites for hydroxylation is 1. The van der Waals surface area contributed by atoms with Gasteiger partial charge in [0, 0.05) is 0 Å². The Morgan fingerprint density at radius 2 is 2.12 bits per heavy atom. The third-order valence-corrected chi connectivity index (χ3v) is 2.37. The van der Waals surface area contributed by atoms with Gasteiger partial charge >= 0.3 is 5.97 Å². The minimum absolute atomic E-state index is 0.238. The van der Waals surface area contributed by atoms with Gasteiger partial charge in [-0.2, -0.15) is 0 Å². The summed E-state index contributed by atoms with van der Waals surface area (Å²) in [7, 11) is 0. The van der Waals surface area contributed by atoms with Crippen molar-refractivity contribution in [1.29, 1.82) is 0 Å². The van der Waals surface area contributed by atoms with E-state index in [1.165, 1.54) is 0 Å². The Morgan fingerprint density at radius 3 is 2.75 bits per heavy atom. The van der Waals surface area contributed by atoms with E-state index in [1.54, 1.807) is 18.2 Å². The van der Waals surface area contributed by atoms with Gasteiger partial charge in [-0.15, -0.1) is 0 Å². The van der Waals surface area contributed by atoms with Crippen LogP contribution in [0.5, 0.6) is 5.75 Å². The van der Waals surface area contributed by atoms with Crippen LogP contribution in [-0.4, -0.2) is 17.7 Å². The Bertz CT molecular complexity index is 358. The van der Waals surface area contributed by atoms with E-state index in [4.69, 9.17) is 9.84 Å². The fourth-order valence-corrected chi connectivity index (χ4v) is 1.46. The molecule has 0 saturated carbocycles. The minimum Gasteiger partial charge on any atom is -0.493 e. The van der Waals surface area contributed by atoms with Crippen molar-refractivity contribution in [2.45, 2.75) is 33.1 Å². The average molecular weight is 222 g/mol. The van der Waals surface area contributed by atoms with E-state index in [1.807, 2.05) is 6.92 Å². The first-order chi connectivity index (χ1) is 7.65. The van der Waals surface area contributed by atoms with Crippen molar-refractivity contribution >= 4 is 5.97 Å². The summed E-state index contributed by atoms with van der Waals surface area (Å²) in [5, 5.41) is 8.98. The predicted molar refractivity (Wildman–Crippen MR) is 63.2 cm³/mol. The molecule has 1 aromatic rings. The third-order valence-electron chi connectivity index (χ3n) is 2.37. The van der Waals surface area contributed by atoms with Crippen molar-refractivity contribution in [3.05, 3.63) is 29.3 Å². The number of hydrogen-bond acceptors (Lipinski definition) is 2. The van der Waals surface area contributed by atoms with Crippen LogP contribution in [0, 0.1) is 6.92 Å². The lowest BCUT2D eigenvalue weighted by Gasteiger charge is -2.09. The van der Waals surface area contributed by atoms with Gasteiger partial charge in [-0.3, -0.25) is 0 Å². The van der Waals surface area contributed by atoms with E-state index in [9.17, 15) is 4.79 Å². The Balaban J connectivity index is 2.68. The van der Waals surface area contributed by atoms with Gasteiger partial charge < -0.3 is 9.84 Å². The van der Waals surface area contributed by atoms with E-state index >= 15 is 0 Å². The molecule has 0 amide bonds. The number of rotatable bonds is 6. The smallest absolute Gasteiger partial charge is 0.339 e. The Morgan fingerprint density at radius 1 is 1.38 bits per heavy atom. The normalized spacial score (nSPS) is 10.1. The highest BCUT2D eigenvalue weighted by atomic mass is 16.5. The Labute approximate surface area is 96.1 Å². The van der Waals surface area contributed by atoms with Gasteiger partial charge in [0.2, 0.25) is 0 Å². The van der Waals surface area contributed by atoms with Crippen LogP contribution in [0.2, 0.25) is 0 Å². The predicted octanol–water partition coefficient (Wildman–Crippen LogP) is 3.26. The van der Waals surface area contributed by atoms with Crippen LogP contribution in [0.4, 0.5) is 0 Å². The average Bonchev–Trinajstić information content (AvgIpc) is 2.24. The number of carbonyl (C=O) groups is 1. The van der Waals surface area contributed by atoms with Crippen molar-refractivity contribution in [2.24, 2.45) is 0 Å². The lowest BCUT2D eigenvalue weighted by Crippen LogP contribution is -2.04. The van der Waals surface area contributed by atoms with Gasteiger partial charge in [-0.25, -0.2) is 4.79 Å². The van der Waals surface area contributed by atoms with E-state index in [0.717, 1.165) is 24.8 Å². The van der Waals surface area contributed by atoms with Crippen LogP contribution in [0.1, 0.15) is 42.1 Å². The highest BCUT2D eigenvalue weighted by molar-refractivity contribution is 5.90. The van der Waals surface area contributed by atoms with Gasteiger partial charge in [-0.1, -0.05) is 25.8 Å². The molecule has 0 saturated heterocycles. The summed E-state index contributed by atoms with van der Waals surface area (Å²) >= 11 is 0. The highest BCUT2D eigenvalue weighted by Crippen LogP contribution is 2.20. The quantitative estimate of drug-likeness (QED) is 0.751. The second kappa shape index (κ2) is 6.16. The highest BCUT2D eigenvalue weighted by Gasteiger charge is 2.10. The summed E-state index contributed by atoms with van der Waals surface area (Å²) in [6, 6.07) is 5.14. The fraction of sp³-hybridized carbons (Fsp3) is 0.462. The second-order valence-electron chi connectivity index (χ2n) is 3.86. The molecule has 0 heterocycles. The third kappa shape index (κ3) is 3.57. The molecule has 0 unspecified atom stereocenters.